The van der Waals surface area contributed by atoms with E-state index in [1.807, 2.05) is 55.4 Å². The molecule has 0 saturated heterocycles. The normalized spacial score (nSPS) is 10.3. The quantitative estimate of drug-likeness (QED) is 0.859. The van der Waals surface area contributed by atoms with Gasteiger partial charge in [-0.3, -0.25) is 4.79 Å². The van der Waals surface area contributed by atoms with Gasteiger partial charge in [-0.1, -0.05) is 31.5 Å². The van der Waals surface area contributed by atoms with Crippen molar-refractivity contribution in [3.63, 3.8) is 0 Å². The fourth-order valence-electron chi connectivity index (χ4n) is 2.26. The van der Waals surface area contributed by atoms with E-state index in [4.69, 9.17) is 0 Å². The van der Waals surface area contributed by atoms with Crippen LogP contribution in [0, 0.1) is 0 Å². The van der Waals surface area contributed by atoms with Gasteiger partial charge in [0.25, 0.3) is 5.91 Å². The van der Waals surface area contributed by atoms with E-state index in [0.717, 1.165) is 17.8 Å². The van der Waals surface area contributed by atoms with E-state index in [2.05, 4.69) is 24.4 Å². The van der Waals surface area contributed by atoms with Crippen LogP contribution in [-0.4, -0.2) is 20.0 Å². The minimum atomic E-state index is -0.0787. The van der Waals surface area contributed by atoms with Gasteiger partial charge in [0, 0.05) is 31.0 Å². The van der Waals surface area contributed by atoms with Gasteiger partial charge >= 0.3 is 0 Å². The number of carbonyl (C=O) groups is 1. The summed E-state index contributed by atoms with van der Waals surface area (Å²) in [7, 11) is 3.93. The van der Waals surface area contributed by atoms with Crippen LogP contribution in [0.1, 0.15) is 35.7 Å². The Labute approximate surface area is 133 Å². The van der Waals surface area contributed by atoms with Gasteiger partial charge in [-0.2, -0.15) is 0 Å². The van der Waals surface area contributed by atoms with Crippen molar-refractivity contribution in [1.29, 1.82) is 0 Å². The topological polar surface area (TPSA) is 32.3 Å². The molecule has 0 fully saturated rings. The molecule has 1 N–H and O–H groups in total. The maximum absolute atomic E-state index is 12.3. The number of unbranched alkanes of at least 4 members (excludes halogenated alkanes) is 1. The molecule has 3 nitrogen and oxygen atoms in total. The van der Waals surface area contributed by atoms with Gasteiger partial charge < -0.3 is 10.2 Å². The molecule has 0 saturated carbocycles. The van der Waals surface area contributed by atoms with Crippen molar-refractivity contribution in [1.82, 2.24) is 0 Å². The molecule has 116 valence electrons. The van der Waals surface area contributed by atoms with Gasteiger partial charge in [0.15, 0.2) is 0 Å². The van der Waals surface area contributed by atoms with Crippen molar-refractivity contribution < 1.29 is 4.79 Å². The second-order valence-electron chi connectivity index (χ2n) is 5.70. The third kappa shape index (κ3) is 4.35. The number of rotatable bonds is 6. The maximum atomic E-state index is 12.3. The average molecular weight is 296 g/mol. The summed E-state index contributed by atoms with van der Waals surface area (Å²) in [5.74, 6) is -0.0787. The SMILES string of the molecule is CCCCc1ccc(NC(=O)c2cccc(N(C)C)c2)cc1. The molecule has 22 heavy (non-hydrogen) atoms. The summed E-state index contributed by atoms with van der Waals surface area (Å²) in [6.45, 7) is 2.19. The lowest BCUT2D eigenvalue weighted by atomic mass is 10.1. The smallest absolute Gasteiger partial charge is 0.255 e. The monoisotopic (exact) mass is 296 g/mol. The van der Waals surface area contributed by atoms with Crippen molar-refractivity contribution in [3.05, 3.63) is 59.7 Å². The van der Waals surface area contributed by atoms with E-state index in [1.165, 1.54) is 18.4 Å². The van der Waals surface area contributed by atoms with Crippen LogP contribution in [0.5, 0.6) is 0 Å². The van der Waals surface area contributed by atoms with E-state index in [-0.39, 0.29) is 5.91 Å². The molecule has 3 heteroatoms. The Kier molecular flexibility index (Phi) is 5.59. The molecule has 0 unspecified atom stereocenters. The molecule has 0 heterocycles. The Morgan fingerprint density at radius 1 is 1.09 bits per heavy atom. The van der Waals surface area contributed by atoms with E-state index >= 15 is 0 Å². The zero-order valence-corrected chi connectivity index (χ0v) is 13.6. The Morgan fingerprint density at radius 2 is 1.82 bits per heavy atom. The standard InChI is InChI=1S/C19H24N2O/c1-4-5-7-15-10-12-17(13-11-15)20-19(22)16-8-6-9-18(14-16)21(2)3/h6,8-14H,4-5,7H2,1-3H3,(H,20,22). The van der Waals surface area contributed by atoms with Crippen LogP contribution in [-0.2, 0) is 6.42 Å². The van der Waals surface area contributed by atoms with E-state index in [1.54, 1.807) is 0 Å². The first kappa shape index (κ1) is 16.1. The molecule has 0 aliphatic carbocycles. The number of nitrogens with zero attached hydrogens (tertiary/aromatic N) is 1. The average Bonchev–Trinajstić information content (AvgIpc) is 2.54. The van der Waals surface area contributed by atoms with Gasteiger partial charge in [0.2, 0.25) is 0 Å². The highest BCUT2D eigenvalue weighted by Crippen LogP contribution is 2.16. The second-order valence-corrected chi connectivity index (χ2v) is 5.70. The molecule has 0 atom stereocenters. The summed E-state index contributed by atoms with van der Waals surface area (Å²) in [6, 6.07) is 15.7. The van der Waals surface area contributed by atoms with E-state index in [9.17, 15) is 4.79 Å². The number of hydrogen-bond donors (Lipinski definition) is 1. The first-order chi connectivity index (χ1) is 10.6. The van der Waals surface area contributed by atoms with Gasteiger partial charge in [-0.15, -0.1) is 0 Å². The minimum Gasteiger partial charge on any atom is -0.378 e. The fourth-order valence-corrected chi connectivity index (χ4v) is 2.26. The van der Waals surface area contributed by atoms with Crippen LogP contribution >= 0.6 is 0 Å². The van der Waals surface area contributed by atoms with Crippen LogP contribution in [0.4, 0.5) is 11.4 Å². The number of nitrogens with one attached hydrogen (secondary N) is 1. The molecule has 2 aromatic rings. The van der Waals surface area contributed by atoms with Crippen molar-refractivity contribution in [3.8, 4) is 0 Å². The van der Waals surface area contributed by atoms with Gasteiger partial charge in [0.1, 0.15) is 0 Å². The lowest BCUT2D eigenvalue weighted by Gasteiger charge is -2.13. The van der Waals surface area contributed by atoms with Crippen LogP contribution in [0.3, 0.4) is 0 Å². The summed E-state index contributed by atoms with van der Waals surface area (Å²) in [5.41, 5.74) is 3.83. The molecular weight excluding hydrogens is 272 g/mol. The number of aryl methyl sites for hydroxylation is 1. The Morgan fingerprint density at radius 3 is 2.45 bits per heavy atom. The minimum absolute atomic E-state index is 0.0787. The van der Waals surface area contributed by atoms with Gasteiger partial charge in [-0.25, -0.2) is 0 Å². The van der Waals surface area contributed by atoms with Crippen LogP contribution in [0.15, 0.2) is 48.5 Å². The summed E-state index contributed by atoms with van der Waals surface area (Å²) in [5, 5.41) is 2.95. The van der Waals surface area contributed by atoms with E-state index in [0.29, 0.717) is 5.56 Å². The number of anilines is 2. The highest BCUT2D eigenvalue weighted by Gasteiger charge is 2.07. The van der Waals surface area contributed by atoms with Crippen molar-refractivity contribution in [2.24, 2.45) is 0 Å². The second kappa shape index (κ2) is 7.64. The van der Waals surface area contributed by atoms with Crippen molar-refractivity contribution in [2.75, 3.05) is 24.3 Å². The molecule has 0 bridgehead atoms. The van der Waals surface area contributed by atoms with Gasteiger partial charge in [0.05, 0.1) is 0 Å². The zero-order valence-electron chi connectivity index (χ0n) is 13.6. The lowest BCUT2D eigenvalue weighted by Crippen LogP contribution is -2.14. The lowest BCUT2D eigenvalue weighted by molar-refractivity contribution is 0.102. The number of carbonyl (C=O) groups excluding carboxylic acids is 1. The summed E-state index contributed by atoms with van der Waals surface area (Å²) >= 11 is 0. The highest BCUT2D eigenvalue weighted by molar-refractivity contribution is 6.04. The summed E-state index contributed by atoms with van der Waals surface area (Å²) in [4.78, 5) is 14.3. The number of amides is 1. The largest absolute Gasteiger partial charge is 0.378 e. The molecule has 0 aliphatic rings. The molecule has 0 radical (unpaired) electrons. The van der Waals surface area contributed by atoms with Crippen LogP contribution in [0.25, 0.3) is 0 Å². The molecule has 2 rings (SSSR count). The molecule has 0 spiro atoms. The molecule has 0 aliphatic heterocycles. The number of benzene rings is 2. The molecular formula is C19H24N2O. The predicted octanol–water partition coefficient (Wildman–Crippen LogP) is 4.35. The molecule has 2 aromatic carbocycles. The Balaban J connectivity index is 2.03. The first-order valence-corrected chi connectivity index (χ1v) is 7.78. The first-order valence-electron chi connectivity index (χ1n) is 7.78. The highest BCUT2D eigenvalue weighted by atomic mass is 16.1. The zero-order chi connectivity index (χ0) is 15.9. The molecule has 0 aromatic heterocycles. The summed E-state index contributed by atoms with van der Waals surface area (Å²) < 4.78 is 0. The Hall–Kier alpha value is -2.29. The third-order valence-electron chi connectivity index (χ3n) is 3.66. The fraction of sp³-hybridized carbons (Fsp3) is 0.316. The van der Waals surface area contributed by atoms with Crippen molar-refractivity contribution in [2.45, 2.75) is 26.2 Å². The maximum Gasteiger partial charge on any atom is 0.255 e. The third-order valence-corrected chi connectivity index (χ3v) is 3.66. The van der Waals surface area contributed by atoms with Crippen LogP contribution < -0.4 is 10.2 Å². The van der Waals surface area contributed by atoms with Crippen LogP contribution in [0.2, 0.25) is 0 Å². The summed E-state index contributed by atoms with van der Waals surface area (Å²) in [6.07, 6.45) is 3.49. The Bertz CT molecular complexity index is 618. The predicted molar refractivity (Wildman–Crippen MR) is 93.8 cm³/mol. The molecule has 1 amide bonds. The van der Waals surface area contributed by atoms with Crippen molar-refractivity contribution >= 4 is 17.3 Å². The number of hydrogen-bond acceptors (Lipinski definition) is 2. The van der Waals surface area contributed by atoms with E-state index < -0.39 is 0 Å². The van der Waals surface area contributed by atoms with Gasteiger partial charge in [-0.05, 0) is 48.7 Å².